The predicted octanol–water partition coefficient (Wildman–Crippen LogP) is -1.80. The van der Waals surface area contributed by atoms with Crippen LogP contribution in [-0.2, 0) is 9.47 Å². The van der Waals surface area contributed by atoms with E-state index in [4.69, 9.17) is 20.9 Å². The van der Waals surface area contributed by atoms with Crippen LogP contribution in [0.2, 0.25) is 0 Å². The molecule has 0 spiro atoms. The van der Waals surface area contributed by atoms with Gasteiger partial charge >= 0.3 is 5.69 Å². The maximum atomic E-state index is 11.9. The van der Waals surface area contributed by atoms with Crippen LogP contribution < -0.4 is 17.2 Å². The SMILES string of the molecule is CO[C@@H]1[C@H](O)[C@@H](C(O)CCCN)O[C@@H]1n1ccc(N)nc1=O. The fourth-order valence-electron chi connectivity index (χ4n) is 2.58. The van der Waals surface area contributed by atoms with Crippen LogP contribution in [0.15, 0.2) is 17.1 Å². The van der Waals surface area contributed by atoms with E-state index in [1.807, 2.05) is 0 Å². The Morgan fingerprint density at radius 2 is 2.32 bits per heavy atom. The molecule has 0 bridgehead atoms. The molecular weight excluding hydrogens is 292 g/mol. The Bertz CT molecular complexity index is 551. The lowest BCUT2D eigenvalue weighted by atomic mass is 10.0. The Morgan fingerprint density at radius 3 is 2.91 bits per heavy atom. The summed E-state index contributed by atoms with van der Waals surface area (Å²) in [5.41, 5.74) is 10.3. The summed E-state index contributed by atoms with van der Waals surface area (Å²) in [6.45, 7) is 0.429. The molecule has 22 heavy (non-hydrogen) atoms. The van der Waals surface area contributed by atoms with E-state index in [0.29, 0.717) is 19.4 Å². The van der Waals surface area contributed by atoms with Gasteiger partial charge < -0.3 is 31.2 Å². The van der Waals surface area contributed by atoms with Crippen LogP contribution in [-0.4, -0.2) is 57.8 Å². The van der Waals surface area contributed by atoms with Gasteiger partial charge in [0.1, 0.15) is 24.1 Å². The zero-order valence-corrected chi connectivity index (χ0v) is 12.3. The largest absolute Gasteiger partial charge is 0.390 e. The minimum Gasteiger partial charge on any atom is -0.390 e. The quantitative estimate of drug-likeness (QED) is 0.481. The predicted molar refractivity (Wildman–Crippen MR) is 77.9 cm³/mol. The van der Waals surface area contributed by atoms with Crippen LogP contribution >= 0.6 is 0 Å². The maximum absolute atomic E-state index is 11.9. The Balaban J connectivity index is 2.23. The summed E-state index contributed by atoms with van der Waals surface area (Å²) >= 11 is 0. The molecule has 1 aliphatic rings. The number of ether oxygens (including phenoxy) is 2. The highest BCUT2D eigenvalue weighted by atomic mass is 16.6. The monoisotopic (exact) mass is 314 g/mol. The van der Waals surface area contributed by atoms with Crippen molar-refractivity contribution in [1.82, 2.24) is 9.55 Å². The Labute approximate surface area is 127 Å². The van der Waals surface area contributed by atoms with Crippen LogP contribution in [0.1, 0.15) is 19.1 Å². The van der Waals surface area contributed by atoms with Crippen LogP contribution in [0, 0.1) is 0 Å². The molecule has 6 N–H and O–H groups in total. The second-order valence-electron chi connectivity index (χ2n) is 5.22. The summed E-state index contributed by atoms with van der Waals surface area (Å²) in [6.07, 6.45) is -2.14. The lowest BCUT2D eigenvalue weighted by Gasteiger charge is -2.21. The van der Waals surface area contributed by atoms with Crippen molar-refractivity contribution in [3.8, 4) is 0 Å². The topological polar surface area (TPSA) is 146 Å². The van der Waals surface area contributed by atoms with Crippen molar-refractivity contribution in [2.75, 3.05) is 19.4 Å². The van der Waals surface area contributed by atoms with Crippen molar-refractivity contribution in [1.29, 1.82) is 0 Å². The zero-order valence-electron chi connectivity index (χ0n) is 12.3. The van der Waals surface area contributed by atoms with Gasteiger partial charge in [0.05, 0.1) is 6.10 Å². The molecule has 124 valence electrons. The molecule has 0 saturated carbocycles. The summed E-state index contributed by atoms with van der Waals surface area (Å²) in [6, 6.07) is 1.45. The van der Waals surface area contributed by atoms with Crippen LogP contribution in [0.3, 0.4) is 0 Å². The third-order valence-corrected chi connectivity index (χ3v) is 3.73. The number of anilines is 1. The number of nitrogen functional groups attached to an aromatic ring is 1. The van der Waals surface area contributed by atoms with Gasteiger partial charge in [0.2, 0.25) is 0 Å². The third-order valence-electron chi connectivity index (χ3n) is 3.73. The molecule has 5 atom stereocenters. The first-order chi connectivity index (χ1) is 10.5. The Morgan fingerprint density at radius 1 is 1.59 bits per heavy atom. The minimum absolute atomic E-state index is 0.0910. The number of methoxy groups -OCH3 is 1. The molecule has 1 aliphatic heterocycles. The standard InChI is InChI=1S/C13H22N4O5/c1-21-11-9(19)10(7(18)3-2-5-14)22-12(11)17-6-4-8(15)16-13(17)20/h4,6-7,9-12,18-19H,2-3,5,14H2,1H3,(H2,15,16,20)/t7?,9-,10-,11-,12+/m1/s1. The number of aliphatic hydroxyl groups excluding tert-OH is 2. The fourth-order valence-corrected chi connectivity index (χ4v) is 2.58. The van der Waals surface area contributed by atoms with Gasteiger partial charge in [-0.2, -0.15) is 4.98 Å². The van der Waals surface area contributed by atoms with E-state index in [0.717, 1.165) is 0 Å². The second kappa shape index (κ2) is 7.16. The molecule has 2 heterocycles. The van der Waals surface area contributed by atoms with E-state index >= 15 is 0 Å². The molecule has 1 aromatic heterocycles. The first-order valence-corrected chi connectivity index (χ1v) is 7.08. The van der Waals surface area contributed by atoms with E-state index < -0.39 is 36.3 Å². The summed E-state index contributed by atoms with van der Waals surface area (Å²) in [5, 5.41) is 20.4. The van der Waals surface area contributed by atoms with E-state index in [2.05, 4.69) is 4.98 Å². The normalized spacial score (nSPS) is 29.6. The lowest BCUT2D eigenvalue weighted by Crippen LogP contribution is -2.40. The number of nitrogens with zero attached hydrogens (tertiary/aromatic N) is 2. The molecule has 0 amide bonds. The highest BCUT2D eigenvalue weighted by molar-refractivity contribution is 5.23. The van der Waals surface area contributed by atoms with E-state index in [1.54, 1.807) is 0 Å². The molecule has 9 nitrogen and oxygen atoms in total. The molecule has 1 unspecified atom stereocenters. The first kappa shape index (κ1) is 16.8. The van der Waals surface area contributed by atoms with Gasteiger partial charge in [0.25, 0.3) is 0 Å². The highest BCUT2D eigenvalue weighted by Crippen LogP contribution is 2.33. The maximum Gasteiger partial charge on any atom is 0.351 e. The smallest absolute Gasteiger partial charge is 0.351 e. The summed E-state index contributed by atoms with van der Waals surface area (Å²) in [5.74, 6) is 0.0910. The Hall–Kier alpha value is -1.52. The van der Waals surface area contributed by atoms with Gasteiger partial charge in [-0.25, -0.2) is 4.79 Å². The molecule has 0 radical (unpaired) electrons. The number of hydrogen-bond donors (Lipinski definition) is 4. The molecular formula is C13H22N4O5. The highest BCUT2D eigenvalue weighted by Gasteiger charge is 2.48. The number of hydrogen-bond acceptors (Lipinski definition) is 8. The average molecular weight is 314 g/mol. The van der Waals surface area contributed by atoms with Gasteiger partial charge in [-0.3, -0.25) is 4.57 Å². The molecule has 0 aliphatic carbocycles. The van der Waals surface area contributed by atoms with Crippen molar-refractivity contribution in [2.24, 2.45) is 5.73 Å². The summed E-state index contributed by atoms with van der Waals surface area (Å²) in [4.78, 5) is 15.5. The van der Waals surface area contributed by atoms with Crippen molar-refractivity contribution < 1.29 is 19.7 Å². The van der Waals surface area contributed by atoms with Crippen molar-refractivity contribution in [3.63, 3.8) is 0 Å². The van der Waals surface area contributed by atoms with Gasteiger partial charge in [0.15, 0.2) is 6.23 Å². The summed E-state index contributed by atoms with van der Waals surface area (Å²) < 4.78 is 12.1. The van der Waals surface area contributed by atoms with Crippen LogP contribution in [0.5, 0.6) is 0 Å². The lowest BCUT2D eigenvalue weighted by molar-refractivity contribution is -0.0894. The number of aromatic nitrogens is 2. The fraction of sp³-hybridized carbons (Fsp3) is 0.692. The third kappa shape index (κ3) is 3.28. The van der Waals surface area contributed by atoms with E-state index in [-0.39, 0.29) is 5.82 Å². The van der Waals surface area contributed by atoms with Gasteiger partial charge in [-0.1, -0.05) is 0 Å². The summed E-state index contributed by atoms with van der Waals surface area (Å²) in [7, 11) is 1.40. The molecule has 2 rings (SSSR count). The van der Waals surface area contributed by atoms with Gasteiger partial charge in [-0.15, -0.1) is 0 Å². The number of rotatable bonds is 6. The molecule has 1 fully saturated rings. The minimum atomic E-state index is -1.08. The zero-order chi connectivity index (χ0) is 16.3. The number of aliphatic hydroxyl groups is 2. The second-order valence-corrected chi connectivity index (χ2v) is 5.22. The molecule has 9 heteroatoms. The molecule has 1 aromatic rings. The first-order valence-electron chi connectivity index (χ1n) is 7.08. The Kier molecular flexibility index (Phi) is 5.48. The van der Waals surface area contributed by atoms with Crippen molar-refractivity contribution in [2.45, 2.75) is 43.5 Å². The van der Waals surface area contributed by atoms with E-state index in [9.17, 15) is 15.0 Å². The van der Waals surface area contributed by atoms with Crippen molar-refractivity contribution >= 4 is 5.82 Å². The van der Waals surface area contributed by atoms with E-state index in [1.165, 1.54) is 23.9 Å². The van der Waals surface area contributed by atoms with Crippen molar-refractivity contribution in [3.05, 3.63) is 22.7 Å². The average Bonchev–Trinajstić information content (AvgIpc) is 2.81. The van der Waals surface area contributed by atoms with Gasteiger partial charge in [-0.05, 0) is 25.5 Å². The number of nitrogens with two attached hydrogens (primary N) is 2. The van der Waals surface area contributed by atoms with Crippen LogP contribution in [0.25, 0.3) is 0 Å². The van der Waals surface area contributed by atoms with Gasteiger partial charge in [0, 0.05) is 13.3 Å². The van der Waals surface area contributed by atoms with Crippen LogP contribution in [0.4, 0.5) is 5.82 Å². The molecule has 1 saturated heterocycles. The molecule has 0 aromatic carbocycles.